The molecule has 19 nitrogen and oxygen atoms in total. The van der Waals surface area contributed by atoms with Crippen molar-refractivity contribution in [2.45, 2.75) is 388 Å². The number of methoxy groups -OCH3 is 1. The van der Waals surface area contributed by atoms with Crippen molar-refractivity contribution in [3.05, 3.63) is 0 Å². The molecule has 0 aromatic carbocycles. The second kappa shape index (κ2) is 84.3. The molecule has 2 heterocycles. The van der Waals surface area contributed by atoms with Crippen LogP contribution in [0.25, 0.3) is 0 Å². The molecule has 0 bridgehead atoms. The first-order chi connectivity index (χ1) is 45.4. The van der Waals surface area contributed by atoms with Crippen molar-refractivity contribution in [1.82, 2.24) is 0 Å². The molecule has 2 saturated heterocycles. The van der Waals surface area contributed by atoms with Gasteiger partial charge in [-0.05, 0) is 32.1 Å². The van der Waals surface area contributed by atoms with Gasteiger partial charge in [-0.3, -0.25) is 14.4 Å². The molecule has 2 aliphatic heterocycles. The van der Waals surface area contributed by atoms with Gasteiger partial charge in [0.2, 0.25) is 0 Å². The highest BCUT2D eigenvalue weighted by Crippen LogP contribution is 2.18. The van der Waals surface area contributed by atoms with E-state index in [1.807, 2.05) is 6.92 Å². The quantitative estimate of drug-likeness (QED) is 0.0250. The molecule has 19 heteroatoms. The van der Waals surface area contributed by atoms with Gasteiger partial charge in [0, 0.05) is 39.6 Å². The van der Waals surface area contributed by atoms with Crippen LogP contribution in [0.3, 0.4) is 0 Å². The molecule has 95 heavy (non-hydrogen) atoms. The number of aliphatic hydroxyl groups excluding tert-OH is 3. The molecule has 0 aliphatic carbocycles. The number of esters is 2. The third-order valence-electron chi connectivity index (χ3n) is 16.1. The Morgan fingerprint density at radius 2 is 0.684 bits per heavy atom. The van der Waals surface area contributed by atoms with E-state index in [1.54, 1.807) is 0 Å². The number of aliphatic carboxylic acids is 1. The number of hydrogen-bond donors (Lipinski definition) is 4. The number of cyclic esters (lactones) is 4. The molecule has 0 radical (unpaired) electrons. The first-order valence-corrected chi connectivity index (χ1v) is 37.7. The SMILES string of the molecule is C.C.CCCCCCCCCCCCCCCCCC(=O)O.CCCCCCCCCCCCCCCCCC(=O)OCC(COC(=O)OCCCC)OC.CCCCCCCCCCCCCCCCCC(=O)OCC1COC(=O)O1.O=C1OCC(CO)O1.OCCCO. The van der Waals surface area contributed by atoms with Gasteiger partial charge in [0.15, 0.2) is 12.2 Å². The van der Waals surface area contributed by atoms with E-state index in [-0.39, 0.29) is 79.6 Å². The number of carbonyl (C=O) groups is 6. The number of carboxylic acids is 1. The Hall–Kier alpha value is -3.94. The largest absolute Gasteiger partial charge is 0.508 e. The molecule has 3 unspecified atom stereocenters. The summed E-state index contributed by atoms with van der Waals surface area (Å²) in [6.45, 7) is 9.73. The standard InChI is InChI=1S/C27H52O6.C22H40O5.C18H36O2.C4H6O4.C3H8O2.2CH4/c1-4-6-8-9-10-11-12-13-14-15-16-17-18-19-20-21-26(28)32-23-25(30-3)24-33-27(29)31-22-7-5-2;1-2-3-4-5-6-7-8-9-10-11-12-13-14-15-16-17-21(23)25-18-20-19-26-22(24)27-20;1-2-3-4-5-6-7-8-9-10-11-12-13-14-15-16-17-18(19)20;5-1-3-2-7-4(6)8-3;4-2-1-3-5;;/h25H,4-24H2,1-3H3;20H,2-19H2,1H3;2-17H2,1H3,(H,19,20);3,5H,1-2H2;4-5H,1-3H2;2*1H4. The van der Waals surface area contributed by atoms with Crippen LogP contribution in [0.15, 0.2) is 0 Å². The lowest BCUT2D eigenvalue weighted by molar-refractivity contribution is -0.148. The van der Waals surface area contributed by atoms with E-state index in [2.05, 4.69) is 35.0 Å². The summed E-state index contributed by atoms with van der Waals surface area (Å²) in [6, 6.07) is 0. The Bertz CT molecular complexity index is 1600. The maximum absolute atomic E-state index is 11.9. The van der Waals surface area contributed by atoms with E-state index in [0.29, 0.717) is 32.3 Å². The van der Waals surface area contributed by atoms with Crippen molar-refractivity contribution in [2.24, 2.45) is 0 Å². The topological polar surface area (TPSA) is 266 Å². The zero-order valence-corrected chi connectivity index (χ0v) is 60.1. The lowest BCUT2D eigenvalue weighted by Gasteiger charge is -2.15. The van der Waals surface area contributed by atoms with Crippen LogP contribution in [0.2, 0.25) is 0 Å². The van der Waals surface area contributed by atoms with Gasteiger partial charge < -0.3 is 63.1 Å². The van der Waals surface area contributed by atoms with Crippen LogP contribution < -0.4 is 0 Å². The lowest BCUT2D eigenvalue weighted by Crippen LogP contribution is -2.27. The molecule has 2 aliphatic rings. The number of aliphatic hydroxyl groups is 3. The predicted octanol–water partition coefficient (Wildman–Crippen LogP) is 20.6. The van der Waals surface area contributed by atoms with Crippen LogP contribution in [0.5, 0.6) is 0 Å². The minimum Gasteiger partial charge on any atom is -0.481 e. The van der Waals surface area contributed by atoms with Crippen LogP contribution in [-0.2, 0) is 57.0 Å². The zero-order valence-electron chi connectivity index (χ0n) is 60.1. The first-order valence-electron chi connectivity index (χ1n) is 37.7. The van der Waals surface area contributed by atoms with Gasteiger partial charge in [0.25, 0.3) is 0 Å². The molecule has 4 N–H and O–H groups in total. The van der Waals surface area contributed by atoms with Crippen LogP contribution in [0.4, 0.5) is 14.4 Å². The van der Waals surface area contributed by atoms with Crippen molar-refractivity contribution < 1.29 is 91.8 Å². The summed E-state index contributed by atoms with van der Waals surface area (Å²) in [4.78, 5) is 66.1. The van der Waals surface area contributed by atoms with Gasteiger partial charge in [0.1, 0.15) is 39.1 Å². The minimum atomic E-state index is -0.713. The Balaban J connectivity index is -0.000000391. The highest BCUT2D eigenvalue weighted by Gasteiger charge is 2.26. The molecule has 0 saturated carbocycles. The number of ether oxygens (including phenoxy) is 9. The molecule has 568 valence electrons. The van der Waals surface area contributed by atoms with Crippen LogP contribution in [-0.4, -0.2) is 142 Å². The molecule has 2 rings (SSSR count). The molecule has 0 spiro atoms. The van der Waals surface area contributed by atoms with Crippen LogP contribution in [0, 0.1) is 0 Å². The summed E-state index contributed by atoms with van der Waals surface area (Å²) >= 11 is 0. The van der Waals surface area contributed by atoms with E-state index in [4.69, 9.17) is 48.8 Å². The predicted molar refractivity (Wildman–Crippen MR) is 383 cm³/mol. The second-order valence-electron chi connectivity index (χ2n) is 25.1. The number of rotatable bonds is 61. The minimum absolute atomic E-state index is 0. The van der Waals surface area contributed by atoms with E-state index >= 15 is 0 Å². The number of hydrogen-bond acceptors (Lipinski definition) is 18. The summed E-state index contributed by atoms with van der Waals surface area (Å²) in [5, 5.41) is 32.7. The fourth-order valence-corrected chi connectivity index (χ4v) is 10.1. The molecule has 0 amide bonds. The third kappa shape index (κ3) is 84.2. The second-order valence-corrected chi connectivity index (χ2v) is 25.1. The average molecular weight is 1370 g/mol. The highest BCUT2D eigenvalue weighted by molar-refractivity contribution is 5.70. The molecule has 2 fully saturated rings. The molecule has 0 aromatic heterocycles. The third-order valence-corrected chi connectivity index (χ3v) is 16.1. The molecular formula is C76H150O19. The van der Waals surface area contributed by atoms with Gasteiger partial charge in [-0.2, -0.15) is 0 Å². The van der Waals surface area contributed by atoms with Crippen molar-refractivity contribution in [2.75, 3.05) is 66.6 Å². The van der Waals surface area contributed by atoms with E-state index < -0.39 is 42.7 Å². The van der Waals surface area contributed by atoms with Crippen molar-refractivity contribution in [1.29, 1.82) is 0 Å². The van der Waals surface area contributed by atoms with E-state index in [1.165, 1.54) is 258 Å². The van der Waals surface area contributed by atoms with Gasteiger partial charge in [-0.25, -0.2) is 14.4 Å². The Morgan fingerprint density at radius 1 is 0.389 bits per heavy atom. The van der Waals surface area contributed by atoms with Crippen LogP contribution in [0.1, 0.15) is 370 Å². The van der Waals surface area contributed by atoms with Crippen molar-refractivity contribution in [3.63, 3.8) is 0 Å². The molecule has 3 atom stereocenters. The fraction of sp³-hybridized carbons (Fsp3) is 0.921. The fourth-order valence-electron chi connectivity index (χ4n) is 10.1. The van der Waals surface area contributed by atoms with Gasteiger partial charge >= 0.3 is 36.4 Å². The Labute approximate surface area is 580 Å². The summed E-state index contributed by atoms with van der Waals surface area (Å²) in [5.74, 6) is -1.09. The van der Waals surface area contributed by atoms with Crippen LogP contribution >= 0.6 is 0 Å². The number of carboxylic acid groups (broad SMARTS) is 1. The maximum atomic E-state index is 11.9. The zero-order chi connectivity index (χ0) is 69.0. The monoisotopic (exact) mass is 1370 g/mol. The van der Waals surface area contributed by atoms with Gasteiger partial charge in [0.05, 0.1) is 13.2 Å². The summed E-state index contributed by atoms with van der Waals surface area (Å²) in [7, 11) is 1.50. The molecular weight excluding hydrogens is 1220 g/mol. The van der Waals surface area contributed by atoms with Crippen molar-refractivity contribution in [3.8, 4) is 0 Å². The van der Waals surface area contributed by atoms with E-state index in [0.717, 1.165) is 51.4 Å². The van der Waals surface area contributed by atoms with Crippen molar-refractivity contribution >= 4 is 36.4 Å². The highest BCUT2D eigenvalue weighted by atomic mass is 16.8. The summed E-state index contributed by atoms with van der Waals surface area (Å²) < 4.78 is 43.6. The van der Waals surface area contributed by atoms with E-state index in [9.17, 15) is 28.8 Å². The Morgan fingerprint density at radius 3 is 0.947 bits per heavy atom. The normalized spacial score (nSPS) is 13.7. The average Bonchev–Trinajstić information content (AvgIpc) is 2.14. The first kappa shape index (κ1) is 99.7. The van der Waals surface area contributed by atoms with Gasteiger partial charge in [-0.1, -0.05) is 319 Å². The Kier molecular flexibility index (Phi) is 88.5. The maximum Gasteiger partial charge on any atom is 0.508 e. The number of carbonyl (C=O) groups excluding carboxylic acids is 5. The lowest BCUT2D eigenvalue weighted by atomic mass is 10.0. The number of unbranched alkanes of at least 4 members (excludes halogenated alkanes) is 43. The smallest absolute Gasteiger partial charge is 0.481 e. The van der Waals surface area contributed by atoms with Gasteiger partial charge in [-0.15, -0.1) is 0 Å². The summed E-state index contributed by atoms with van der Waals surface area (Å²) in [5.41, 5.74) is 0. The summed E-state index contributed by atoms with van der Waals surface area (Å²) in [6.07, 6.45) is 59.0. The molecule has 0 aromatic rings.